The summed E-state index contributed by atoms with van der Waals surface area (Å²) in [6, 6.07) is 22.8. The number of carbonyl (C=O) groups excluding carboxylic acids is 2. The topological polar surface area (TPSA) is 64.6 Å². The number of hydrogen-bond donors (Lipinski definition) is 1. The molecule has 3 rings (SSSR count). The van der Waals surface area contributed by atoms with Gasteiger partial charge < -0.3 is 14.8 Å². The summed E-state index contributed by atoms with van der Waals surface area (Å²) in [5.41, 5.74) is 3.11. The molecular weight excluding hydrogens is 398 g/mol. The number of rotatable bonds is 8. The van der Waals surface area contributed by atoms with E-state index < -0.39 is 11.9 Å². The SMILES string of the molecule is COc1cc(SC)ccc1C(=O)OCC(=O)Nc1ccccc1Cc1ccccc1. The lowest BCUT2D eigenvalue weighted by Gasteiger charge is -2.12. The van der Waals surface area contributed by atoms with Gasteiger partial charge in [0.25, 0.3) is 5.91 Å². The lowest BCUT2D eigenvalue weighted by atomic mass is 10.0. The molecule has 3 aromatic rings. The summed E-state index contributed by atoms with van der Waals surface area (Å²) in [6.45, 7) is -0.383. The number of methoxy groups -OCH3 is 1. The summed E-state index contributed by atoms with van der Waals surface area (Å²) in [6.07, 6.45) is 2.63. The number of nitrogens with one attached hydrogen (secondary N) is 1. The highest BCUT2D eigenvalue weighted by molar-refractivity contribution is 7.98. The van der Waals surface area contributed by atoms with Crippen molar-refractivity contribution >= 4 is 29.3 Å². The van der Waals surface area contributed by atoms with Crippen LogP contribution in [0, 0.1) is 0 Å². The third-order valence-electron chi connectivity index (χ3n) is 4.49. The van der Waals surface area contributed by atoms with Gasteiger partial charge in [0.05, 0.1) is 7.11 Å². The number of benzene rings is 3. The fourth-order valence-electron chi connectivity index (χ4n) is 2.97. The quantitative estimate of drug-likeness (QED) is 0.418. The van der Waals surface area contributed by atoms with Gasteiger partial charge in [-0.2, -0.15) is 0 Å². The summed E-state index contributed by atoms with van der Waals surface area (Å²) in [7, 11) is 1.49. The minimum atomic E-state index is -0.604. The van der Waals surface area contributed by atoms with Crippen molar-refractivity contribution in [1.82, 2.24) is 0 Å². The van der Waals surface area contributed by atoms with Crippen LogP contribution in [0.25, 0.3) is 0 Å². The van der Waals surface area contributed by atoms with E-state index in [4.69, 9.17) is 9.47 Å². The van der Waals surface area contributed by atoms with Crippen LogP contribution in [0.5, 0.6) is 5.75 Å². The Hall–Kier alpha value is -3.25. The summed E-state index contributed by atoms with van der Waals surface area (Å²) in [5.74, 6) is -0.587. The molecule has 0 saturated carbocycles. The molecule has 1 N–H and O–H groups in total. The molecule has 30 heavy (non-hydrogen) atoms. The Bertz CT molecular complexity index is 1020. The Morgan fingerprint density at radius 2 is 1.70 bits per heavy atom. The number of amides is 1. The third kappa shape index (κ3) is 5.64. The van der Waals surface area contributed by atoms with Crippen LogP contribution >= 0.6 is 11.8 Å². The van der Waals surface area contributed by atoms with E-state index in [1.54, 1.807) is 23.9 Å². The molecule has 0 bridgehead atoms. The van der Waals surface area contributed by atoms with E-state index in [9.17, 15) is 9.59 Å². The van der Waals surface area contributed by atoms with Gasteiger partial charge in [-0.15, -0.1) is 11.8 Å². The minimum absolute atomic E-state index is 0.285. The van der Waals surface area contributed by atoms with Crippen LogP contribution in [0.2, 0.25) is 0 Å². The average molecular weight is 422 g/mol. The number of esters is 1. The highest BCUT2D eigenvalue weighted by atomic mass is 32.2. The standard InChI is InChI=1S/C24H23NO4S/c1-28-22-15-19(30-2)12-13-20(22)24(27)29-16-23(26)25-21-11-7-6-10-18(21)14-17-8-4-3-5-9-17/h3-13,15H,14,16H2,1-2H3,(H,25,26). The predicted octanol–water partition coefficient (Wildman–Crippen LogP) is 4.80. The van der Waals surface area contributed by atoms with Gasteiger partial charge in [0.1, 0.15) is 11.3 Å². The molecule has 0 aliphatic heterocycles. The second-order valence-corrected chi connectivity index (χ2v) is 7.39. The molecule has 154 valence electrons. The Morgan fingerprint density at radius 3 is 2.43 bits per heavy atom. The highest BCUT2D eigenvalue weighted by Gasteiger charge is 2.16. The molecule has 0 heterocycles. The zero-order valence-corrected chi connectivity index (χ0v) is 17.7. The van der Waals surface area contributed by atoms with E-state index >= 15 is 0 Å². The molecule has 6 heteroatoms. The van der Waals surface area contributed by atoms with Crippen LogP contribution in [0.4, 0.5) is 5.69 Å². The van der Waals surface area contributed by atoms with Crippen LogP contribution in [-0.4, -0.2) is 31.8 Å². The molecule has 0 fully saturated rings. The number of ether oxygens (including phenoxy) is 2. The molecule has 0 aliphatic carbocycles. The first-order valence-electron chi connectivity index (χ1n) is 9.41. The van der Waals surface area contributed by atoms with Crippen molar-refractivity contribution in [3.05, 3.63) is 89.5 Å². The maximum absolute atomic E-state index is 12.4. The Labute approximate surface area is 180 Å². The normalized spacial score (nSPS) is 10.3. The van der Waals surface area contributed by atoms with Crippen LogP contribution in [0.15, 0.2) is 77.7 Å². The van der Waals surface area contributed by atoms with Gasteiger partial charge in [-0.3, -0.25) is 4.79 Å². The van der Waals surface area contributed by atoms with Crippen LogP contribution in [0.3, 0.4) is 0 Å². The Morgan fingerprint density at radius 1 is 0.967 bits per heavy atom. The summed E-state index contributed by atoms with van der Waals surface area (Å²) in [5, 5.41) is 2.83. The van der Waals surface area contributed by atoms with Gasteiger partial charge in [-0.1, -0.05) is 48.5 Å². The van der Waals surface area contributed by atoms with Gasteiger partial charge in [-0.05, 0) is 48.1 Å². The molecule has 1 amide bonds. The molecule has 5 nitrogen and oxygen atoms in total. The van der Waals surface area contributed by atoms with Crippen LogP contribution < -0.4 is 10.1 Å². The van der Waals surface area contributed by atoms with Crippen molar-refractivity contribution in [3.8, 4) is 5.75 Å². The van der Waals surface area contributed by atoms with Crippen molar-refractivity contribution in [1.29, 1.82) is 0 Å². The van der Waals surface area contributed by atoms with Gasteiger partial charge in [0, 0.05) is 10.6 Å². The maximum Gasteiger partial charge on any atom is 0.342 e. The van der Waals surface area contributed by atoms with E-state index in [0.717, 1.165) is 16.0 Å². The number of thioether (sulfide) groups is 1. The van der Waals surface area contributed by atoms with Crippen LogP contribution in [0.1, 0.15) is 21.5 Å². The lowest BCUT2D eigenvalue weighted by molar-refractivity contribution is -0.119. The smallest absolute Gasteiger partial charge is 0.342 e. The molecule has 0 unspecified atom stereocenters. The van der Waals surface area contributed by atoms with Crippen molar-refractivity contribution in [2.75, 3.05) is 25.3 Å². The first-order valence-corrected chi connectivity index (χ1v) is 10.6. The second kappa shape index (κ2) is 10.5. The molecular formula is C24H23NO4S. The van der Waals surface area contributed by atoms with Gasteiger partial charge in [-0.25, -0.2) is 4.79 Å². The number of hydrogen-bond acceptors (Lipinski definition) is 5. The third-order valence-corrected chi connectivity index (χ3v) is 5.22. The Balaban J connectivity index is 1.62. The Kier molecular flexibility index (Phi) is 7.51. The largest absolute Gasteiger partial charge is 0.496 e. The van der Waals surface area contributed by atoms with E-state index in [1.807, 2.05) is 66.9 Å². The molecule has 3 aromatic carbocycles. The summed E-state index contributed by atoms with van der Waals surface area (Å²) < 4.78 is 10.5. The van der Waals surface area contributed by atoms with Crippen molar-refractivity contribution in [3.63, 3.8) is 0 Å². The van der Waals surface area contributed by atoms with Crippen molar-refractivity contribution in [2.45, 2.75) is 11.3 Å². The van der Waals surface area contributed by atoms with E-state index in [-0.39, 0.29) is 12.2 Å². The van der Waals surface area contributed by atoms with Gasteiger partial charge >= 0.3 is 5.97 Å². The second-order valence-electron chi connectivity index (χ2n) is 6.51. The molecule has 0 aliphatic rings. The number of anilines is 1. The van der Waals surface area contributed by atoms with Gasteiger partial charge in [0.2, 0.25) is 0 Å². The van der Waals surface area contributed by atoms with Crippen molar-refractivity contribution < 1.29 is 19.1 Å². The fourth-order valence-corrected chi connectivity index (χ4v) is 3.40. The van der Waals surface area contributed by atoms with E-state index in [0.29, 0.717) is 17.9 Å². The summed E-state index contributed by atoms with van der Waals surface area (Å²) >= 11 is 1.54. The molecule has 0 atom stereocenters. The van der Waals surface area contributed by atoms with E-state index in [1.165, 1.54) is 7.11 Å². The summed E-state index contributed by atoms with van der Waals surface area (Å²) in [4.78, 5) is 25.8. The van der Waals surface area contributed by atoms with E-state index in [2.05, 4.69) is 5.32 Å². The monoisotopic (exact) mass is 421 g/mol. The fraction of sp³-hybridized carbons (Fsp3) is 0.167. The lowest BCUT2D eigenvalue weighted by Crippen LogP contribution is -2.21. The first-order chi connectivity index (χ1) is 14.6. The molecule has 0 radical (unpaired) electrons. The molecule has 0 aromatic heterocycles. The maximum atomic E-state index is 12.4. The molecule has 0 spiro atoms. The van der Waals surface area contributed by atoms with Gasteiger partial charge in [0.15, 0.2) is 6.61 Å². The molecule has 0 saturated heterocycles. The van der Waals surface area contributed by atoms with Crippen molar-refractivity contribution in [2.24, 2.45) is 0 Å². The minimum Gasteiger partial charge on any atom is -0.496 e. The number of carbonyl (C=O) groups is 2. The zero-order chi connectivity index (χ0) is 21.3. The number of para-hydroxylation sites is 1. The zero-order valence-electron chi connectivity index (χ0n) is 16.9. The average Bonchev–Trinajstić information content (AvgIpc) is 2.79. The first kappa shape index (κ1) is 21.5. The highest BCUT2D eigenvalue weighted by Crippen LogP contribution is 2.26. The van der Waals surface area contributed by atoms with Crippen LogP contribution in [-0.2, 0) is 16.0 Å². The predicted molar refractivity (Wildman–Crippen MR) is 119 cm³/mol.